The van der Waals surface area contributed by atoms with Crippen molar-refractivity contribution in [2.24, 2.45) is 0 Å². The number of thioether (sulfide) groups is 1. The number of amides is 3. The first kappa shape index (κ1) is 20.9. The Kier molecular flexibility index (Phi) is 6.44. The Bertz CT molecular complexity index is 962. The smallest absolute Gasteiger partial charge is 0.321 e. The topological polar surface area (TPSA) is 93.1 Å². The molecule has 1 atom stereocenters. The predicted molar refractivity (Wildman–Crippen MR) is 113 cm³/mol. The number of aryl methyl sites for hydroxylation is 2. The van der Waals surface area contributed by atoms with Gasteiger partial charge in [0.2, 0.25) is 5.91 Å². The molecule has 3 amide bonds. The van der Waals surface area contributed by atoms with Gasteiger partial charge in [0.05, 0.1) is 10.6 Å². The molecule has 2 heterocycles. The van der Waals surface area contributed by atoms with Crippen molar-refractivity contribution in [1.82, 2.24) is 20.2 Å². The molecule has 0 aromatic carbocycles. The summed E-state index contributed by atoms with van der Waals surface area (Å²) < 4.78 is 1.67. The van der Waals surface area contributed by atoms with Crippen molar-refractivity contribution in [3.8, 4) is 0 Å². The quantitative estimate of drug-likeness (QED) is 0.527. The Balaban J connectivity index is 1.84. The fourth-order valence-corrected chi connectivity index (χ4v) is 4.79. The molecule has 2 aromatic rings. The third-order valence-corrected chi connectivity index (χ3v) is 6.98. The number of hydrogen-bond acceptors (Lipinski definition) is 6. The van der Waals surface area contributed by atoms with E-state index in [0.29, 0.717) is 21.9 Å². The molecule has 0 bridgehead atoms. The highest BCUT2D eigenvalue weighted by molar-refractivity contribution is 8.00. The van der Waals surface area contributed by atoms with Crippen molar-refractivity contribution in [1.29, 1.82) is 0 Å². The molecule has 0 aliphatic heterocycles. The van der Waals surface area contributed by atoms with Crippen LogP contribution >= 0.6 is 23.1 Å². The van der Waals surface area contributed by atoms with Crippen molar-refractivity contribution in [2.45, 2.75) is 76.4 Å². The van der Waals surface area contributed by atoms with Gasteiger partial charge in [0.25, 0.3) is 5.56 Å². The van der Waals surface area contributed by atoms with Gasteiger partial charge < -0.3 is 5.32 Å². The van der Waals surface area contributed by atoms with E-state index in [1.165, 1.54) is 23.1 Å². The van der Waals surface area contributed by atoms with Crippen LogP contribution in [0.2, 0.25) is 0 Å². The number of imide groups is 1. The Morgan fingerprint density at radius 1 is 1.36 bits per heavy atom. The van der Waals surface area contributed by atoms with Crippen LogP contribution in [-0.2, 0) is 11.3 Å². The van der Waals surface area contributed by atoms with Gasteiger partial charge in [0.1, 0.15) is 4.83 Å². The summed E-state index contributed by atoms with van der Waals surface area (Å²) in [4.78, 5) is 43.8. The van der Waals surface area contributed by atoms with E-state index in [1.807, 2.05) is 13.8 Å². The number of hydrogen-bond donors (Lipinski definition) is 2. The lowest BCUT2D eigenvalue weighted by atomic mass is 10.2. The van der Waals surface area contributed by atoms with E-state index in [1.54, 1.807) is 11.5 Å². The maximum atomic E-state index is 13.1. The average molecular weight is 423 g/mol. The SMILES string of the molecule is CCCCn1c(SC(C)C(=O)NC(=O)NC2CC2)nc2sc(C)c(C)c2c1=O. The van der Waals surface area contributed by atoms with Crippen LogP contribution in [0, 0.1) is 13.8 Å². The maximum absolute atomic E-state index is 13.1. The van der Waals surface area contributed by atoms with Gasteiger partial charge in [-0.05, 0) is 45.6 Å². The largest absolute Gasteiger partial charge is 0.335 e. The molecule has 152 valence electrons. The summed E-state index contributed by atoms with van der Waals surface area (Å²) in [6.45, 7) is 8.28. The first-order valence-corrected chi connectivity index (χ1v) is 11.3. The zero-order valence-electron chi connectivity index (χ0n) is 16.6. The fraction of sp³-hybridized carbons (Fsp3) is 0.579. The van der Waals surface area contributed by atoms with E-state index >= 15 is 0 Å². The van der Waals surface area contributed by atoms with Crippen molar-refractivity contribution in [2.75, 3.05) is 0 Å². The van der Waals surface area contributed by atoms with E-state index < -0.39 is 17.2 Å². The van der Waals surface area contributed by atoms with Crippen LogP contribution in [0.25, 0.3) is 10.2 Å². The number of thiophene rings is 1. The molecular formula is C19H26N4O3S2. The summed E-state index contributed by atoms with van der Waals surface area (Å²) >= 11 is 2.71. The van der Waals surface area contributed by atoms with Crippen LogP contribution in [0.3, 0.4) is 0 Å². The standard InChI is InChI=1S/C19H26N4O3S2/c1-5-6-9-23-17(25)14-10(2)11(3)27-16(14)22-19(23)28-12(4)15(24)21-18(26)20-13-7-8-13/h12-13H,5-9H2,1-4H3,(H2,20,21,24,26). The van der Waals surface area contributed by atoms with E-state index in [-0.39, 0.29) is 11.6 Å². The first-order chi connectivity index (χ1) is 13.3. The Morgan fingerprint density at radius 2 is 2.07 bits per heavy atom. The lowest BCUT2D eigenvalue weighted by Crippen LogP contribution is -2.43. The lowest BCUT2D eigenvalue weighted by molar-refractivity contribution is -0.119. The van der Waals surface area contributed by atoms with E-state index in [2.05, 4.69) is 17.6 Å². The molecule has 7 nitrogen and oxygen atoms in total. The van der Waals surface area contributed by atoms with Crippen molar-refractivity contribution in [3.63, 3.8) is 0 Å². The molecule has 1 saturated carbocycles. The Labute approximate surface area is 172 Å². The van der Waals surface area contributed by atoms with Crippen LogP contribution in [0.15, 0.2) is 9.95 Å². The second-order valence-corrected chi connectivity index (χ2v) is 9.68. The minimum Gasteiger partial charge on any atom is -0.335 e. The summed E-state index contributed by atoms with van der Waals surface area (Å²) in [6, 6.07) is -0.277. The highest BCUT2D eigenvalue weighted by Crippen LogP contribution is 2.30. The predicted octanol–water partition coefficient (Wildman–Crippen LogP) is 3.34. The molecule has 0 spiro atoms. The normalized spacial score (nSPS) is 14.9. The molecule has 0 radical (unpaired) electrons. The van der Waals surface area contributed by atoms with Crippen molar-refractivity contribution < 1.29 is 9.59 Å². The monoisotopic (exact) mass is 422 g/mol. The molecule has 1 aliphatic carbocycles. The third-order valence-electron chi connectivity index (χ3n) is 4.79. The molecule has 3 rings (SSSR count). The van der Waals surface area contributed by atoms with Gasteiger partial charge in [-0.25, -0.2) is 9.78 Å². The van der Waals surface area contributed by atoms with E-state index in [4.69, 9.17) is 4.98 Å². The van der Waals surface area contributed by atoms with Crippen LogP contribution in [-0.4, -0.2) is 32.8 Å². The summed E-state index contributed by atoms with van der Waals surface area (Å²) in [5.74, 6) is -0.391. The number of nitrogens with one attached hydrogen (secondary N) is 2. The summed E-state index contributed by atoms with van der Waals surface area (Å²) in [5.41, 5.74) is 0.920. The second kappa shape index (κ2) is 8.65. The maximum Gasteiger partial charge on any atom is 0.321 e. The van der Waals surface area contributed by atoms with Crippen LogP contribution in [0.4, 0.5) is 4.79 Å². The Hall–Kier alpha value is -1.87. The number of fused-ring (bicyclic) bond motifs is 1. The first-order valence-electron chi connectivity index (χ1n) is 9.60. The molecular weight excluding hydrogens is 396 g/mol. The number of urea groups is 1. The average Bonchev–Trinajstić information content (AvgIpc) is 3.39. The number of carbonyl (C=O) groups is 2. The van der Waals surface area contributed by atoms with E-state index in [9.17, 15) is 14.4 Å². The minimum atomic E-state index is -0.552. The number of unbranched alkanes of at least 4 members (excludes halogenated alkanes) is 1. The van der Waals surface area contributed by atoms with Crippen LogP contribution < -0.4 is 16.2 Å². The van der Waals surface area contributed by atoms with Crippen LogP contribution in [0.5, 0.6) is 0 Å². The van der Waals surface area contributed by atoms with Gasteiger partial charge in [0, 0.05) is 17.5 Å². The van der Waals surface area contributed by atoms with Crippen molar-refractivity contribution in [3.05, 3.63) is 20.8 Å². The van der Waals surface area contributed by atoms with Gasteiger partial charge in [0.15, 0.2) is 5.16 Å². The molecule has 1 unspecified atom stereocenters. The van der Waals surface area contributed by atoms with Gasteiger partial charge in [-0.3, -0.25) is 19.5 Å². The molecule has 2 aromatic heterocycles. The highest BCUT2D eigenvalue weighted by Gasteiger charge is 2.26. The fourth-order valence-electron chi connectivity index (χ4n) is 2.79. The van der Waals surface area contributed by atoms with Gasteiger partial charge in [-0.2, -0.15) is 0 Å². The highest BCUT2D eigenvalue weighted by atomic mass is 32.2. The van der Waals surface area contributed by atoms with Gasteiger partial charge in [-0.15, -0.1) is 11.3 Å². The van der Waals surface area contributed by atoms with E-state index in [0.717, 1.165) is 36.1 Å². The summed E-state index contributed by atoms with van der Waals surface area (Å²) in [5, 5.41) is 5.76. The number of rotatable bonds is 7. The lowest BCUT2D eigenvalue weighted by Gasteiger charge is -2.15. The molecule has 1 fully saturated rings. The summed E-state index contributed by atoms with van der Waals surface area (Å²) in [7, 11) is 0. The Morgan fingerprint density at radius 3 is 2.71 bits per heavy atom. The number of nitrogens with zero attached hydrogens (tertiary/aromatic N) is 2. The van der Waals surface area contributed by atoms with Crippen LogP contribution in [0.1, 0.15) is 50.0 Å². The molecule has 1 aliphatic rings. The number of carbonyl (C=O) groups excluding carboxylic acids is 2. The molecule has 28 heavy (non-hydrogen) atoms. The molecule has 2 N–H and O–H groups in total. The van der Waals surface area contributed by atoms with Gasteiger partial charge in [-0.1, -0.05) is 25.1 Å². The third kappa shape index (κ3) is 4.57. The zero-order valence-corrected chi connectivity index (χ0v) is 18.3. The number of aromatic nitrogens is 2. The molecule has 0 saturated heterocycles. The summed E-state index contributed by atoms with van der Waals surface area (Å²) in [6.07, 6.45) is 3.72. The zero-order chi connectivity index (χ0) is 20.4. The molecule has 9 heteroatoms. The second-order valence-electron chi connectivity index (χ2n) is 7.17. The van der Waals surface area contributed by atoms with Crippen molar-refractivity contribution >= 4 is 45.3 Å². The minimum absolute atomic E-state index is 0.0538. The van der Waals surface area contributed by atoms with Gasteiger partial charge >= 0.3 is 6.03 Å².